The maximum Gasteiger partial charge on any atom is 0.329 e. The molecule has 0 fully saturated rings. The third-order valence-corrected chi connectivity index (χ3v) is 2.95. The van der Waals surface area contributed by atoms with Crippen molar-refractivity contribution in [1.29, 1.82) is 0 Å². The standard InChI is InChI=1S/C14H26N2O5/c1-6-8(2)11(15)12(19)16-9(7-10(17)18)13(20)21-14(3,4)5/h8-9,11H,6-7,15H2,1-5H3,(H,16,19)(H,17,18)/t8-,9-,11-/m0/s1. The van der Waals surface area contributed by atoms with E-state index in [1.165, 1.54) is 0 Å². The summed E-state index contributed by atoms with van der Waals surface area (Å²) in [7, 11) is 0. The van der Waals surface area contributed by atoms with Crippen molar-refractivity contribution in [3.63, 3.8) is 0 Å². The summed E-state index contributed by atoms with van der Waals surface area (Å²) in [6.45, 7) is 8.69. The Kier molecular flexibility index (Phi) is 7.35. The smallest absolute Gasteiger partial charge is 0.329 e. The zero-order chi connectivity index (χ0) is 16.8. The molecule has 122 valence electrons. The molecule has 0 spiro atoms. The van der Waals surface area contributed by atoms with Crippen LogP contribution in [0.1, 0.15) is 47.5 Å². The quantitative estimate of drug-likeness (QED) is 0.594. The van der Waals surface area contributed by atoms with Crippen LogP contribution in [0.5, 0.6) is 0 Å². The molecule has 0 bridgehead atoms. The first-order chi connectivity index (χ1) is 9.47. The van der Waals surface area contributed by atoms with E-state index in [4.69, 9.17) is 15.6 Å². The first-order valence-corrected chi connectivity index (χ1v) is 6.98. The summed E-state index contributed by atoms with van der Waals surface area (Å²) in [4.78, 5) is 34.8. The SMILES string of the molecule is CC[C@H](C)[C@H](N)C(=O)N[C@@H](CC(=O)O)C(=O)OC(C)(C)C. The van der Waals surface area contributed by atoms with Crippen molar-refractivity contribution >= 4 is 17.8 Å². The third-order valence-electron chi connectivity index (χ3n) is 2.95. The Labute approximate surface area is 125 Å². The monoisotopic (exact) mass is 302 g/mol. The van der Waals surface area contributed by atoms with Crippen molar-refractivity contribution in [2.45, 2.75) is 65.1 Å². The predicted molar refractivity (Wildman–Crippen MR) is 77.5 cm³/mol. The third kappa shape index (κ3) is 7.65. The fourth-order valence-electron chi connectivity index (χ4n) is 1.52. The Morgan fingerprint density at radius 1 is 1.29 bits per heavy atom. The molecule has 0 aliphatic carbocycles. The second-order valence-corrected chi connectivity index (χ2v) is 6.10. The number of amides is 1. The van der Waals surface area contributed by atoms with Crippen LogP contribution in [0.25, 0.3) is 0 Å². The van der Waals surface area contributed by atoms with Gasteiger partial charge in [0, 0.05) is 0 Å². The number of hydrogen-bond acceptors (Lipinski definition) is 5. The lowest BCUT2D eigenvalue weighted by Crippen LogP contribution is -2.52. The average molecular weight is 302 g/mol. The molecule has 21 heavy (non-hydrogen) atoms. The first kappa shape index (κ1) is 19.4. The molecular formula is C14H26N2O5. The van der Waals surface area contributed by atoms with Crippen LogP contribution in [-0.2, 0) is 19.1 Å². The van der Waals surface area contributed by atoms with Gasteiger partial charge in [-0.3, -0.25) is 9.59 Å². The Morgan fingerprint density at radius 3 is 2.19 bits per heavy atom. The summed E-state index contributed by atoms with van der Waals surface area (Å²) in [5, 5.41) is 11.2. The molecule has 0 saturated heterocycles. The number of carboxylic acids is 1. The number of esters is 1. The van der Waals surface area contributed by atoms with Gasteiger partial charge in [-0.25, -0.2) is 4.79 Å². The molecule has 0 rings (SSSR count). The van der Waals surface area contributed by atoms with Gasteiger partial charge in [-0.05, 0) is 26.7 Å². The molecule has 0 aromatic heterocycles. The highest BCUT2D eigenvalue weighted by Gasteiger charge is 2.31. The predicted octanol–water partition coefficient (Wildman–Crippen LogP) is 0.661. The molecule has 0 radical (unpaired) electrons. The minimum Gasteiger partial charge on any atom is -0.481 e. The highest BCUT2D eigenvalue weighted by molar-refractivity contribution is 5.90. The van der Waals surface area contributed by atoms with E-state index in [0.29, 0.717) is 6.42 Å². The van der Waals surface area contributed by atoms with Crippen molar-refractivity contribution in [3.05, 3.63) is 0 Å². The van der Waals surface area contributed by atoms with E-state index in [9.17, 15) is 14.4 Å². The van der Waals surface area contributed by atoms with Crippen LogP contribution in [0.2, 0.25) is 0 Å². The Balaban J connectivity index is 4.88. The molecule has 7 heteroatoms. The normalized spacial score (nSPS) is 15.7. The van der Waals surface area contributed by atoms with Crippen molar-refractivity contribution in [2.75, 3.05) is 0 Å². The maximum absolute atomic E-state index is 12.0. The topological polar surface area (TPSA) is 119 Å². The number of hydrogen-bond donors (Lipinski definition) is 3. The van der Waals surface area contributed by atoms with Crippen LogP contribution in [-0.4, -0.2) is 40.6 Å². The molecule has 0 saturated carbocycles. The zero-order valence-corrected chi connectivity index (χ0v) is 13.3. The highest BCUT2D eigenvalue weighted by atomic mass is 16.6. The second-order valence-electron chi connectivity index (χ2n) is 6.10. The van der Waals surface area contributed by atoms with Crippen LogP contribution in [0.3, 0.4) is 0 Å². The second kappa shape index (κ2) is 7.97. The molecule has 0 aliphatic rings. The number of rotatable bonds is 7. The van der Waals surface area contributed by atoms with Gasteiger partial charge in [0.1, 0.15) is 11.6 Å². The Morgan fingerprint density at radius 2 is 1.81 bits per heavy atom. The Bertz CT molecular complexity index is 389. The molecular weight excluding hydrogens is 276 g/mol. The summed E-state index contributed by atoms with van der Waals surface area (Å²) < 4.78 is 5.11. The van der Waals surface area contributed by atoms with Gasteiger partial charge in [0.25, 0.3) is 0 Å². The fraction of sp³-hybridized carbons (Fsp3) is 0.786. The summed E-state index contributed by atoms with van der Waals surface area (Å²) in [5.74, 6) is -2.62. The summed E-state index contributed by atoms with van der Waals surface area (Å²) >= 11 is 0. The lowest BCUT2D eigenvalue weighted by Gasteiger charge is -2.25. The molecule has 0 aromatic rings. The number of nitrogens with one attached hydrogen (secondary N) is 1. The number of carboxylic acid groups (broad SMARTS) is 1. The molecule has 0 aromatic carbocycles. The van der Waals surface area contributed by atoms with Crippen LogP contribution in [0, 0.1) is 5.92 Å². The fourth-order valence-corrected chi connectivity index (χ4v) is 1.52. The summed E-state index contributed by atoms with van der Waals surface area (Å²) in [6.07, 6.45) is 0.151. The summed E-state index contributed by atoms with van der Waals surface area (Å²) in [6, 6.07) is -2.04. The van der Waals surface area contributed by atoms with E-state index in [2.05, 4.69) is 5.32 Å². The van der Waals surface area contributed by atoms with Gasteiger partial charge in [0.15, 0.2) is 0 Å². The van der Waals surface area contributed by atoms with Crippen LogP contribution in [0.4, 0.5) is 0 Å². The van der Waals surface area contributed by atoms with Crippen molar-refractivity contribution in [3.8, 4) is 0 Å². The van der Waals surface area contributed by atoms with Crippen molar-refractivity contribution < 1.29 is 24.2 Å². The lowest BCUT2D eigenvalue weighted by molar-refractivity contribution is -0.161. The highest BCUT2D eigenvalue weighted by Crippen LogP contribution is 2.11. The van der Waals surface area contributed by atoms with E-state index in [0.717, 1.165) is 0 Å². The van der Waals surface area contributed by atoms with E-state index in [1.54, 1.807) is 20.8 Å². The zero-order valence-electron chi connectivity index (χ0n) is 13.3. The lowest BCUT2D eigenvalue weighted by atomic mass is 9.99. The van der Waals surface area contributed by atoms with Crippen LogP contribution < -0.4 is 11.1 Å². The van der Waals surface area contributed by atoms with Gasteiger partial charge in [-0.15, -0.1) is 0 Å². The van der Waals surface area contributed by atoms with Gasteiger partial charge in [0.2, 0.25) is 5.91 Å². The summed E-state index contributed by atoms with van der Waals surface area (Å²) in [5.41, 5.74) is 5.00. The van der Waals surface area contributed by atoms with Gasteiger partial charge >= 0.3 is 11.9 Å². The molecule has 0 aliphatic heterocycles. The minimum atomic E-state index is -1.25. The van der Waals surface area contributed by atoms with E-state index in [1.807, 2.05) is 13.8 Å². The van der Waals surface area contributed by atoms with Gasteiger partial charge in [0.05, 0.1) is 12.5 Å². The molecule has 0 unspecified atom stereocenters. The maximum atomic E-state index is 12.0. The number of aliphatic carboxylic acids is 1. The molecule has 0 heterocycles. The molecule has 4 N–H and O–H groups in total. The van der Waals surface area contributed by atoms with Crippen LogP contribution in [0.15, 0.2) is 0 Å². The molecule has 7 nitrogen and oxygen atoms in total. The van der Waals surface area contributed by atoms with Crippen molar-refractivity contribution in [2.24, 2.45) is 11.7 Å². The van der Waals surface area contributed by atoms with Crippen molar-refractivity contribution in [1.82, 2.24) is 5.32 Å². The number of ether oxygens (including phenoxy) is 1. The van der Waals surface area contributed by atoms with Gasteiger partial charge in [-0.1, -0.05) is 20.3 Å². The number of carbonyl (C=O) groups is 3. The van der Waals surface area contributed by atoms with E-state index >= 15 is 0 Å². The van der Waals surface area contributed by atoms with Gasteiger partial charge in [-0.2, -0.15) is 0 Å². The number of nitrogens with two attached hydrogens (primary N) is 1. The van der Waals surface area contributed by atoms with Crippen LogP contribution >= 0.6 is 0 Å². The van der Waals surface area contributed by atoms with Gasteiger partial charge < -0.3 is 20.9 Å². The minimum absolute atomic E-state index is 0.0749. The molecule has 3 atom stereocenters. The van der Waals surface area contributed by atoms with E-state index in [-0.39, 0.29) is 5.92 Å². The largest absolute Gasteiger partial charge is 0.481 e. The van der Waals surface area contributed by atoms with E-state index < -0.39 is 42.0 Å². The molecule has 1 amide bonds. The Hall–Kier alpha value is -1.63. The number of carbonyl (C=O) groups excluding carboxylic acids is 2. The average Bonchev–Trinajstić information content (AvgIpc) is 2.33. The first-order valence-electron chi connectivity index (χ1n) is 6.98.